The van der Waals surface area contributed by atoms with Crippen molar-refractivity contribution in [1.82, 2.24) is 5.32 Å². The second-order valence-electron chi connectivity index (χ2n) is 4.48. The van der Waals surface area contributed by atoms with Crippen LogP contribution in [-0.2, 0) is 14.6 Å². The van der Waals surface area contributed by atoms with Crippen LogP contribution in [0.4, 0.5) is 0 Å². The maximum absolute atomic E-state index is 12.3. The van der Waals surface area contributed by atoms with Crippen molar-refractivity contribution in [2.75, 3.05) is 12.8 Å². The minimum Gasteiger partial charge on any atom is -0.478 e. The number of carbonyl (C=O) groups is 2. The second kappa shape index (κ2) is 7.04. The van der Waals surface area contributed by atoms with Crippen molar-refractivity contribution in [1.29, 1.82) is 0 Å². The number of carboxylic acids is 1. The first-order valence-electron chi connectivity index (χ1n) is 6.16. The van der Waals surface area contributed by atoms with Gasteiger partial charge >= 0.3 is 5.97 Å². The quantitative estimate of drug-likeness (QED) is 0.786. The van der Waals surface area contributed by atoms with Crippen molar-refractivity contribution in [3.05, 3.63) is 27.7 Å². The highest BCUT2D eigenvalue weighted by molar-refractivity contribution is 9.10. The number of nitrogens with one attached hydrogen (secondary N) is 1. The number of hydrogen-bond acceptors (Lipinski definition) is 4. The van der Waals surface area contributed by atoms with E-state index >= 15 is 0 Å². The fraction of sp³-hybridized carbons (Fsp3) is 0.385. The van der Waals surface area contributed by atoms with Crippen LogP contribution >= 0.6 is 15.9 Å². The van der Waals surface area contributed by atoms with Gasteiger partial charge in [-0.2, -0.15) is 0 Å². The monoisotopic (exact) mass is 377 g/mol. The zero-order chi connectivity index (χ0) is 16.2. The average molecular weight is 378 g/mol. The second-order valence-corrected chi connectivity index (χ2v) is 7.41. The van der Waals surface area contributed by atoms with Crippen LogP contribution in [0.3, 0.4) is 0 Å². The van der Waals surface area contributed by atoms with E-state index in [9.17, 15) is 18.0 Å². The van der Waals surface area contributed by atoms with E-state index in [0.717, 1.165) is 6.07 Å². The van der Waals surface area contributed by atoms with Gasteiger partial charge in [0.25, 0.3) is 0 Å². The van der Waals surface area contributed by atoms with Crippen LogP contribution in [0, 0.1) is 6.92 Å². The number of carboxylic acid groups (broad SMARTS) is 1. The van der Waals surface area contributed by atoms with Gasteiger partial charge in [-0.3, -0.25) is 4.79 Å². The lowest BCUT2D eigenvalue weighted by molar-refractivity contribution is -0.120. The van der Waals surface area contributed by atoms with E-state index in [-0.39, 0.29) is 35.0 Å². The molecule has 21 heavy (non-hydrogen) atoms. The van der Waals surface area contributed by atoms with Crippen LogP contribution in [-0.4, -0.2) is 38.2 Å². The lowest BCUT2D eigenvalue weighted by atomic mass is 10.1. The molecule has 1 amide bonds. The van der Waals surface area contributed by atoms with Crippen LogP contribution < -0.4 is 5.32 Å². The molecular weight excluding hydrogens is 362 g/mol. The minimum atomic E-state index is -3.65. The SMILES string of the molecule is CNC(=O)CCCS(=O)(=O)c1cc(C(=O)O)cc(Br)c1C. The Morgan fingerprint density at radius 2 is 1.95 bits per heavy atom. The van der Waals surface area contributed by atoms with Crippen LogP contribution in [0.2, 0.25) is 0 Å². The molecule has 0 aliphatic carbocycles. The van der Waals surface area contributed by atoms with Crippen molar-refractivity contribution in [3.63, 3.8) is 0 Å². The summed E-state index contributed by atoms with van der Waals surface area (Å²) in [4.78, 5) is 22.1. The molecule has 2 N–H and O–H groups in total. The van der Waals surface area contributed by atoms with Crippen molar-refractivity contribution in [3.8, 4) is 0 Å². The van der Waals surface area contributed by atoms with E-state index in [1.165, 1.54) is 13.1 Å². The summed E-state index contributed by atoms with van der Waals surface area (Å²) in [5, 5.41) is 11.4. The predicted molar refractivity (Wildman–Crippen MR) is 81.2 cm³/mol. The fourth-order valence-electron chi connectivity index (χ4n) is 1.76. The van der Waals surface area contributed by atoms with Crippen molar-refractivity contribution < 1.29 is 23.1 Å². The van der Waals surface area contributed by atoms with Crippen molar-refractivity contribution >= 4 is 37.6 Å². The summed E-state index contributed by atoms with van der Waals surface area (Å²) >= 11 is 3.17. The average Bonchev–Trinajstić information content (AvgIpc) is 2.40. The summed E-state index contributed by atoms with van der Waals surface area (Å²) in [7, 11) is -2.17. The standard InChI is InChI=1S/C13H16BrNO5S/c1-8-10(14)6-9(13(17)18)7-11(8)21(19,20)5-3-4-12(16)15-2/h6-7H,3-5H2,1-2H3,(H,15,16)(H,17,18). The number of halogens is 1. The number of benzene rings is 1. The van der Waals surface area contributed by atoms with Gasteiger partial charge in [0.05, 0.1) is 16.2 Å². The first-order valence-corrected chi connectivity index (χ1v) is 8.60. The van der Waals surface area contributed by atoms with Gasteiger partial charge in [-0.25, -0.2) is 13.2 Å². The highest BCUT2D eigenvalue weighted by Gasteiger charge is 2.21. The molecule has 0 atom stereocenters. The largest absolute Gasteiger partial charge is 0.478 e. The molecule has 0 bridgehead atoms. The molecule has 0 fully saturated rings. The molecule has 1 rings (SSSR count). The van der Waals surface area contributed by atoms with Gasteiger partial charge in [0.2, 0.25) is 5.91 Å². The Hall–Kier alpha value is -1.41. The maximum Gasteiger partial charge on any atom is 0.335 e. The fourth-order valence-corrected chi connectivity index (χ4v) is 3.98. The van der Waals surface area contributed by atoms with Crippen LogP contribution in [0.25, 0.3) is 0 Å². The van der Waals surface area contributed by atoms with E-state index in [2.05, 4.69) is 21.2 Å². The van der Waals surface area contributed by atoms with Crippen LogP contribution in [0.5, 0.6) is 0 Å². The van der Waals surface area contributed by atoms with Crippen molar-refractivity contribution in [2.45, 2.75) is 24.7 Å². The van der Waals surface area contributed by atoms with Crippen LogP contribution in [0.15, 0.2) is 21.5 Å². The van der Waals surface area contributed by atoms with Crippen LogP contribution in [0.1, 0.15) is 28.8 Å². The summed E-state index contributed by atoms with van der Waals surface area (Å²) in [6.07, 6.45) is 0.283. The number of aromatic carboxylic acids is 1. The van der Waals surface area contributed by atoms with Gasteiger partial charge in [-0.15, -0.1) is 0 Å². The van der Waals surface area contributed by atoms with Gasteiger partial charge < -0.3 is 10.4 Å². The molecule has 0 spiro atoms. The number of sulfone groups is 1. The van der Waals surface area contributed by atoms with E-state index in [1.54, 1.807) is 6.92 Å². The Morgan fingerprint density at radius 1 is 1.33 bits per heavy atom. The molecule has 6 nitrogen and oxygen atoms in total. The molecular formula is C13H16BrNO5S. The lowest BCUT2D eigenvalue weighted by Crippen LogP contribution is -2.19. The minimum absolute atomic E-state index is 0.0221. The van der Waals surface area contributed by atoms with Gasteiger partial charge in [0, 0.05) is 17.9 Å². The molecule has 0 saturated heterocycles. The third kappa shape index (κ3) is 4.53. The topological polar surface area (TPSA) is 101 Å². The lowest BCUT2D eigenvalue weighted by Gasteiger charge is -2.10. The molecule has 0 saturated carbocycles. The first kappa shape index (κ1) is 17.6. The normalized spacial score (nSPS) is 11.2. The van der Waals surface area contributed by atoms with E-state index in [4.69, 9.17) is 5.11 Å². The number of amides is 1. The van der Waals surface area contributed by atoms with E-state index in [0.29, 0.717) is 10.0 Å². The van der Waals surface area contributed by atoms with Gasteiger partial charge in [-0.1, -0.05) is 15.9 Å². The third-order valence-electron chi connectivity index (χ3n) is 2.97. The Morgan fingerprint density at radius 3 is 2.48 bits per heavy atom. The summed E-state index contributed by atoms with van der Waals surface area (Å²) in [5.41, 5.74) is 0.359. The Kier molecular flexibility index (Phi) is 5.91. The highest BCUT2D eigenvalue weighted by atomic mass is 79.9. The van der Waals surface area contributed by atoms with Gasteiger partial charge in [0.1, 0.15) is 0 Å². The molecule has 1 aromatic carbocycles. The molecule has 0 aliphatic heterocycles. The molecule has 8 heteroatoms. The molecule has 0 aliphatic rings. The van der Waals surface area contributed by atoms with E-state index < -0.39 is 15.8 Å². The Bertz CT molecular complexity index is 669. The van der Waals surface area contributed by atoms with Crippen molar-refractivity contribution in [2.24, 2.45) is 0 Å². The Balaban J connectivity index is 3.07. The number of rotatable bonds is 6. The Labute approximate surface area is 131 Å². The first-order chi connectivity index (χ1) is 9.69. The van der Waals surface area contributed by atoms with Gasteiger partial charge in [0.15, 0.2) is 9.84 Å². The molecule has 0 aromatic heterocycles. The zero-order valence-electron chi connectivity index (χ0n) is 11.6. The molecule has 0 unspecified atom stereocenters. The molecule has 0 heterocycles. The smallest absolute Gasteiger partial charge is 0.335 e. The highest BCUT2D eigenvalue weighted by Crippen LogP contribution is 2.27. The summed E-state index contributed by atoms with van der Waals surface area (Å²) in [6.45, 7) is 1.60. The predicted octanol–water partition coefficient (Wildman–Crippen LogP) is 1.76. The maximum atomic E-state index is 12.3. The van der Waals surface area contributed by atoms with E-state index in [1.807, 2.05) is 0 Å². The number of hydrogen-bond donors (Lipinski definition) is 2. The molecule has 1 aromatic rings. The zero-order valence-corrected chi connectivity index (χ0v) is 14.0. The summed E-state index contributed by atoms with van der Waals surface area (Å²) in [6, 6.07) is 2.51. The molecule has 0 radical (unpaired) electrons. The number of carbonyl (C=O) groups excluding carboxylic acids is 1. The van der Waals surface area contributed by atoms with Gasteiger partial charge in [-0.05, 0) is 31.0 Å². The molecule has 116 valence electrons. The summed E-state index contributed by atoms with van der Waals surface area (Å²) in [5.74, 6) is -1.64. The third-order valence-corrected chi connectivity index (χ3v) is 5.72. The summed E-state index contributed by atoms with van der Waals surface area (Å²) < 4.78 is 25.0.